The van der Waals surface area contributed by atoms with Crippen LogP contribution in [0.3, 0.4) is 0 Å². The van der Waals surface area contributed by atoms with Crippen molar-refractivity contribution in [3.05, 3.63) is 33.8 Å². The van der Waals surface area contributed by atoms with Crippen molar-refractivity contribution in [3.8, 4) is 0 Å². The van der Waals surface area contributed by atoms with Crippen molar-refractivity contribution in [2.24, 2.45) is 11.3 Å². The smallest absolute Gasteiger partial charge is 0.170 e. The Morgan fingerprint density at radius 2 is 2.10 bits per heavy atom. The van der Waals surface area contributed by atoms with Crippen LogP contribution in [-0.2, 0) is 0 Å². The minimum absolute atomic E-state index is 0.196. The molecule has 1 fully saturated rings. The number of hydrogen-bond donors (Lipinski definition) is 1. The van der Waals surface area contributed by atoms with E-state index >= 15 is 0 Å². The molecule has 0 saturated carbocycles. The van der Waals surface area contributed by atoms with Crippen LogP contribution in [0.2, 0.25) is 10.0 Å². The molecule has 1 aromatic carbocycles. The number of hydrogen-bond acceptors (Lipinski definition) is 2. The minimum Gasteiger partial charge on any atom is -0.316 e. The van der Waals surface area contributed by atoms with Crippen LogP contribution in [0.15, 0.2) is 18.2 Å². The molecule has 0 spiro atoms. The Bertz CT molecular complexity index is 493. The fraction of sp³-hybridized carbons (Fsp3) is 0.562. The molecule has 0 bridgehead atoms. The number of Topliss-reactive ketones (excluding diaryl/α,β-unsaturated/α-hetero) is 1. The van der Waals surface area contributed by atoms with Gasteiger partial charge in [-0.3, -0.25) is 4.79 Å². The monoisotopic (exact) mass is 313 g/mol. The number of carbonyl (C=O) groups excluding carboxylic acids is 1. The summed E-state index contributed by atoms with van der Waals surface area (Å²) in [5.41, 5.74) is 0.397. The maximum absolute atomic E-state index is 12.9. The largest absolute Gasteiger partial charge is 0.316 e. The number of ketones is 1. The van der Waals surface area contributed by atoms with Gasteiger partial charge in [-0.1, -0.05) is 37.0 Å². The van der Waals surface area contributed by atoms with Crippen LogP contribution in [0.5, 0.6) is 0 Å². The summed E-state index contributed by atoms with van der Waals surface area (Å²) in [6.07, 6.45) is 2.89. The molecule has 1 atom stereocenters. The fourth-order valence-corrected chi connectivity index (χ4v) is 3.07. The van der Waals surface area contributed by atoms with Gasteiger partial charge in [0.25, 0.3) is 0 Å². The Kier molecular flexibility index (Phi) is 5.11. The van der Waals surface area contributed by atoms with Crippen molar-refractivity contribution in [2.75, 3.05) is 13.1 Å². The lowest BCUT2D eigenvalue weighted by molar-refractivity contribution is 0.0794. The molecule has 1 N–H and O–H groups in total. The lowest BCUT2D eigenvalue weighted by Crippen LogP contribution is -2.34. The maximum atomic E-state index is 12.9. The van der Waals surface area contributed by atoms with E-state index in [1.807, 2.05) is 0 Å². The van der Waals surface area contributed by atoms with Gasteiger partial charge in [0.1, 0.15) is 0 Å². The summed E-state index contributed by atoms with van der Waals surface area (Å²) in [4.78, 5) is 12.9. The predicted molar refractivity (Wildman–Crippen MR) is 84.8 cm³/mol. The van der Waals surface area contributed by atoms with Gasteiger partial charge in [-0.15, -0.1) is 0 Å². The van der Waals surface area contributed by atoms with Crippen molar-refractivity contribution in [1.82, 2.24) is 5.32 Å². The third-order valence-electron chi connectivity index (χ3n) is 4.11. The molecule has 1 heterocycles. The minimum atomic E-state index is -0.276. The van der Waals surface area contributed by atoms with E-state index in [-0.39, 0.29) is 11.2 Å². The van der Waals surface area contributed by atoms with Gasteiger partial charge in [0, 0.05) is 17.5 Å². The van der Waals surface area contributed by atoms with Gasteiger partial charge in [0.05, 0.1) is 10.0 Å². The SMILES string of the molecule is CC(C)CCC1(C(=O)c2ccc(Cl)c(Cl)c2)CCNC1. The molecule has 4 heteroatoms. The van der Waals surface area contributed by atoms with Gasteiger partial charge < -0.3 is 5.32 Å². The zero-order valence-electron chi connectivity index (χ0n) is 12.0. The number of rotatable bonds is 5. The summed E-state index contributed by atoms with van der Waals surface area (Å²) in [5.74, 6) is 0.802. The molecule has 1 aliphatic heterocycles. The third kappa shape index (κ3) is 3.36. The van der Waals surface area contributed by atoms with Gasteiger partial charge >= 0.3 is 0 Å². The quantitative estimate of drug-likeness (QED) is 0.805. The summed E-state index contributed by atoms with van der Waals surface area (Å²) < 4.78 is 0. The van der Waals surface area contributed by atoms with E-state index in [1.165, 1.54) is 0 Å². The van der Waals surface area contributed by atoms with Crippen LogP contribution in [0.4, 0.5) is 0 Å². The fourth-order valence-electron chi connectivity index (χ4n) is 2.77. The van der Waals surface area contributed by atoms with Gasteiger partial charge in [-0.25, -0.2) is 0 Å². The molecule has 1 saturated heterocycles. The van der Waals surface area contributed by atoms with Crippen LogP contribution < -0.4 is 5.32 Å². The molecule has 1 aromatic rings. The van der Waals surface area contributed by atoms with E-state index in [9.17, 15) is 4.79 Å². The Labute approximate surface area is 130 Å². The van der Waals surface area contributed by atoms with Crippen LogP contribution in [0.25, 0.3) is 0 Å². The third-order valence-corrected chi connectivity index (χ3v) is 4.85. The standard InChI is InChI=1S/C16H21Cl2NO/c1-11(2)5-6-16(7-8-19-10-16)15(20)12-3-4-13(17)14(18)9-12/h3-4,9,11,19H,5-8,10H2,1-2H3. The van der Waals surface area contributed by atoms with Gasteiger partial charge in [-0.2, -0.15) is 0 Å². The summed E-state index contributed by atoms with van der Waals surface area (Å²) in [6.45, 7) is 6.06. The van der Waals surface area contributed by atoms with E-state index in [4.69, 9.17) is 23.2 Å². The van der Waals surface area contributed by atoms with E-state index in [0.717, 1.165) is 32.4 Å². The molecule has 1 unspecified atom stereocenters. The first-order chi connectivity index (χ1) is 9.44. The lowest BCUT2D eigenvalue weighted by atomic mass is 9.75. The molecule has 2 nitrogen and oxygen atoms in total. The van der Waals surface area contributed by atoms with Crippen molar-refractivity contribution < 1.29 is 4.79 Å². The number of nitrogens with one attached hydrogen (secondary N) is 1. The summed E-state index contributed by atoms with van der Waals surface area (Å²) in [7, 11) is 0. The molecule has 110 valence electrons. The first-order valence-corrected chi connectivity index (χ1v) is 7.91. The van der Waals surface area contributed by atoms with Crippen molar-refractivity contribution in [2.45, 2.75) is 33.1 Å². The summed E-state index contributed by atoms with van der Waals surface area (Å²) >= 11 is 12.0. The number of carbonyl (C=O) groups is 1. The number of benzene rings is 1. The lowest BCUT2D eigenvalue weighted by Gasteiger charge is -2.27. The molecule has 20 heavy (non-hydrogen) atoms. The van der Waals surface area contributed by atoms with Crippen LogP contribution >= 0.6 is 23.2 Å². The van der Waals surface area contributed by atoms with Crippen LogP contribution in [-0.4, -0.2) is 18.9 Å². The van der Waals surface area contributed by atoms with Crippen LogP contribution in [0.1, 0.15) is 43.5 Å². The zero-order chi connectivity index (χ0) is 14.8. The van der Waals surface area contributed by atoms with Crippen molar-refractivity contribution in [3.63, 3.8) is 0 Å². The second-order valence-corrected chi connectivity index (χ2v) is 6.91. The van der Waals surface area contributed by atoms with E-state index < -0.39 is 0 Å². The predicted octanol–water partition coefficient (Wildman–Crippen LogP) is 4.59. The van der Waals surface area contributed by atoms with E-state index in [2.05, 4.69) is 19.2 Å². The molecule has 2 rings (SSSR count). The highest BCUT2D eigenvalue weighted by Crippen LogP contribution is 2.37. The van der Waals surface area contributed by atoms with Crippen molar-refractivity contribution >= 4 is 29.0 Å². The molecule has 0 radical (unpaired) electrons. The first-order valence-electron chi connectivity index (χ1n) is 7.15. The summed E-state index contributed by atoms with van der Waals surface area (Å²) in [5, 5.41) is 4.27. The molecule has 0 aromatic heterocycles. The normalized spacial score (nSPS) is 22.4. The Hall–Kier alpha value is -0.570. The highest BCUT2D eigenvalue weighted by Gasteiger charge is 2.41. The summed E-state index contributed by atoms with van der Waals surface area (Å²) in [6, 6.07) is 5.18. The zero-order valence-corrected chi connectivity index (χ0v) is 13.5. The van der Waals surface area contributed by atoms with E-state index in [0.29, 0.717) is 21.5 Å². The Morgan fingerprint density at radius 3 is 2.65 bits per heavy atom. The van der Waals surface area contributed by atoms with Crippen molar-refractivity contribution in [1.29, 1.82) is 0 Å². The Balaban J connectivity index is 2.24. The first kappa shape index (κ1) is 15.8. The average molecular weight is 314 g/mol. The Morgan fingerprint density at radius 1 is 1.35 bits per heavy atom. The highest BCUT2D eigenvalue weighted by atomic mass is 35.5. The molecule has 0 aliphatic carbocycles. The molecular formula is C16H21Cl2NO. The topological polar surface area (TPSA) is 29.1 Å². The van der Waals surface area contributed by atoms with Gasteiger partial charge in [0.15, 0.2) is 5.78 Å². The second kappa shape index (κ2) is 6.46. The second-order valence-electron chi connectivity index (χ2n) is 6.10. The average Bonchev–Trinajstić information content (AvgIpc) is 2.89. The molecular weight excluding hydrogens is 293 g/mol. The maximum Gasteiger partial charge on any atom is 0.170 e. The van der Waals surface area contributed by atoms with Gasteiger partial charge in [-0.05, 0) is 49.9 Å². The van der Waals surface area contributed by atoms with Gasteiger partial charge in [0.2, 0.25) is 0 Å². The molecule has 1 aliphatic rings. The van der Waals surface area contributed by atoms with Crippen LogP contribution in [0, 0.1) is 11.3 Å². The molecule has 0 amide bonds. The number of halogens is 2. The van der Waals surface area contributed by atoms with E-state index in [1.54, 1.807) is 18.2 Å². The highest BCUT2D eigenvalue weighted by molar-refractivity contribution is 6.42.